The summed E-state index contributed by atoms with van der Waals surface area (Å²) in [6.45, 7) is 1.82. The average molecular weight is 189 g/mol. The lowest BCUT2D eigenvalue weighted by atomic mass is 10.3. The fourth-order valence-corrected chi connectivity index (χ4v) is 1.09. The zero-order valence-electron chi connectivity index (χ0n) is 4.85. The monoisotopic (exact) mass is 188 g/mol. The summed E-state index contributed by atoms with van der Waals surface area (Å²) in [5, 5.41) is 0. The Morgan fingerprint density at radius 3 is 2.67 bits per heavy atom. The summed E-state index contributed by atoms with van der Waals surface area (Å²) >= 11 is 3.10. The predicted octanol–water partition coefficient (Wildman–Crippen LogP) is 2.16. The first-order chi connectivity index (χ1) is 4.24. The van der Waals surface area contributed by atoms with Crippen molar-refractivity contribution in [3.8, 4) is 0 Å². The van der Waals surface area contributed by atoms with E-state index in [1.54, 1.807) is 6.07 Å². The molecule has 0 atom stereocenters. The van der Waals surface area contributed by atoms with E-state index >= 15 is 0 Å². The van der Waals surface area contributed by atoms with Gasteiger partial charge in [-0.05, 0) is 34.5 Å². The number of aryl methyl sites for hydroxylation is 1. The van der Waals surface area contributed by atoms with E-state index in [-0.39, 0.29) is 0 Å². The minimum Gasteiger partial charge on any atom is -0.446 e. The second kappa shape index (κ2) is 2.35. The van der Waals surface area contributed by atoms with Gasteiger partial charge in [0.1, 0.15) is 0 Å². The molecule has 1 aromatic rings. The van der Waals surface area contributed by atoms with Gasteiger partial charge in [-0.1, -0.05) is 0 Å². The van der Waals surface area contributed by atoms with E-state index in [4.69, 9.17) is 4.42 Å². The molecule has 1 rings (SSSR count). The molecule has 0 unspecified atom stereocenters. The Morgan fingerprint density at radius 1 is 1.78 bits per heavy atom. The van der Waals surface area contributed by atoms with Crippen molar-refractivity contribution >= 4 is 22.2 Å². The smallest absolute Gasteiger partial charge is 0.185 e. The molecule has 0 bridgehead atoms. The lowest BCUT2D eigenvalue weighted by Gasteiger charge is -1.78. The van der Waals surface area contributed by atoms with Gasteiger partial charge in [-0.3, -0.25) is 4.79 Å². The van der Waals surface area contributed by atoms with Crippen molar-refractivity contribution < 1.29 is 9.21 Å². The Hall–Kier alpha value is -0.570. The van der Waals surface area contributed by atoms with Crippen LogP contribution in [0.3, 0.4) is 0 Å². The van der Waals surface area contributed by atoms with Gasteiger partial charge in [-0.2, -0.15) is 0 Å². The fraction of sp³-hybridized carbons (Fsp3) is 0.167. The third kappa shape index (κ3) is 1.21. The van der Waals surface area contributed by atoms with Gasteiger partial charge >= 0.3 is 0 Å². The van der Waals surface area contributed by atoms with E-state index in [2.05, 4.69) is 15.9 Å². The van der Waals surface area contributed by atoms with E-state index in [0.717, 1.165) is 5.56 Å². The van der Waals surface area contributed by atoms with E-state index in [9.17, 15) is 4.79 Å². The number of aldehydes is 1. The molecule has 0 spiro atoms. The molecular formula is C6H5BrO2. The number of halogens is 1. The van der Waals surface area contributed by atoms with Crippen molar-refractivity contribution in [2.75, 3.05) is 0 Å². The molecule has 1 heterocycles. The molecule has 9 heavy (non-hydrogen) atoms. The van der Waals surface area contributed by atoms with Crippen LogP contribution in [0.5, 0.6) is 0 Å². The van der Waals surface area contributed by atoms with E-state index in [1.807, 2.05) is 6.92 Å². The summed E-state index contributed by atoms with van der Waals surface area (Å²) in [7, 11) is 0. The Labute approximate surface area is 61.0 Å². The van der Waals surface area contributed by atoms with E-state index < -0.39 is 0 Å². The average Bonchev–Trinajstić information content (AvgIpc) is 2.10. The second-order valence-electron chi connectivity index (χ2n) is 1.72. The number of hydrogen-bond acceptors (Lipinski definition) is 2. The highest BCUT2D eigenvalue weighted by atomic mass is 79.9. The van der Waals surface area contributed by atoms with Crippen LogP contribution >= 0.6 is 15.9 Å². The molecular weight excluding hydrogens is 184 g/mol. The Kier molecular flexibility index (Phi) is 1.71. The maximum Gasteiger partial charge on any atom is 0.185 e. The highest BCUT2D eigenvalue weighted by Crippen LogP contribution is 2.17. The summed E-state index contributed by atoms with van der Waals surface area (Å²) in [4.78, 5) is 10.1. The van der Waals surface area contributed by atoms with Gasteiger partial charge in [-0.15, -0.1) is 0 Å². The number of furan rings is 1. The summed E-state index contributed by atoms with van der Waals surface area (Å²) in [5.41, 5.74) is 0.858. The molecule has 0 fully saturated rings. The Balaban J connectivity index is 3.15. The highest BCUT2D eigenvalue weighted by Gasteiger charge is 2.01. The first-order valence-corrected chi connectivity index (χ1v) is 3.24. The maximum atomic E-state index is 10.1. The van der Waals surface area contributed by atoms with Gasteiger partial charge in [0, 0.05) is 0 Å². The van der Waals surface area contributed by atoms with Crippen molar-refractivity contribution in [1.82, 2.24) is 0 Å². The second-order valence-corrected chi connectivity index (χ2v) is 2.50. The number of rotatable bonds is 1. The van der Waals surface area contributed by atoms with Gasteiger partial charge in [0.15, 0.2) is 16.7 Å². The van der Waals surface area contributed by atoms with E-state index in [1.165, 1.54) is 0 Å². The van der Waals surface area contributed by atoms with Crippen molar-refractivity contribution in [2.45, 2.75) is 6.92 Å². The third-order valence-corrected chi connectivity index (χ3v) is 1.42. The normalized spacial score (nSPS) is 9.56. The lowest BCUT2D eigenvalue weighted by molar-refractivity contribution is 0.109. The largest absolute Gasteiger partial charge is 0.446 e. The molecule has 0 amide bonds. The minimum absolute atomic E-state index is 0.391. The summed E-state index contributed by atoms with van der Waals surface area (Å²) in [6.07, 6.45) is 0.695. The molecule has 48 valence electrons. The zero-order chi connectivity index (χ0) is 6.85. The summed E-state index contributed by atoms with van der Waals surface area (Å²) < 4.78 is 5.51. The summed E-state index contributed by atoms with van der Waals surface area (Å²) in [6, 6.07) is 1.75. The van der Waals surface area contributed by atoms with Gasteiger partial charge in [0.2, 0.25) is 0 Å². The Bertz CT molecular complexity index is 227. The number of hydrogen-bond donors (Lipinski definition) is 0. The van der Waals surface area contributed by atoms with Crippen molar-refractivity contribution in [3.05, 3.63) is 22.1 Å². The number of carbonyl (C=O) groups excluding carboxylic acids is 1. The molecule has 0 aromatic carbocycles. The molecule has 0 aliphatic rings. The molecule has 2 nitrogen and oxygen atoms in total. The summed E-state index contributed by atoms with van der Waals surface area (Å²) in [5.74, 6) is 0.391. The third-order valence-electron chi connectivity index (χ3n) is 1.03. The quantitative estimate of drug-likeness (QED) is 0.633. The number of carbonyl (C=O) groups is 1. The molecule has 0 N–H and O–H groups in total. The van der Waals surface area contributed by atoms with Crippen LogP contribution in [-0.4, -0.2) is 6.29 Å². The van der Waals surface area contributed by atoms with Crippen LogP contribution in [-0.2, 0) is 0 Å². The lowest BCUT2D eigenvalue weighted by Crippen LogP contribution is -1.74. The molecule has 0 aliphatic carbocycles. The molecule has 3 heteroatoms. The van der Waals surface area contributed by atoms with Gasteiger partial charge < -0.3 is 4.42 Å². The van der Waals surface area contributed by atoms with Crippen molar-refractivity contribution in [3.63, 3.8) is 0 Å². The molecule has 0 radical (unpaired) electrons. The van der Waals surface area contributed by atoms with Crippen LogP contribution in [0.2, 0.25) is 0 Å². The van der Waals surface area contributed by atoms with Crippen LogP contribution in [0.15, 0.2) is 15.2 Å². The molecule has 0 saturated heterocycles. The van der Waals surface area contributed by atoms with Gasteiger partial charge in [0.05, 0.1) is 0 Å². The van der Waals surface area contributed by atoms with Crippen LogP contribution < -0.4 is 0 Å². The fourth-order valence-electron chi connectivity index (χ4n) is 0.573. The topological polar surface area (TPSA) is 30.2 Å². The SMILES string of the molecule is Cc1cc(Br)oc1C=O. The Morgan fingerprint density at radius 2 is 2.44 bits per heavy atom. The predicted molar refractivity (Wildman–Crippen MR) is 36.5 cm³/mol. The van der Waals surface area contributed by atoms with Crippen LogP contribution in [0.25, 0.3) is 0 Å². The molecule has 1 aromatic heterocycles. The first kappa shape index (κ1) is 6.55. The van der Waals surface area contributed by atoms with Gasteiger partial charge in [-0.25, -0.2) is 0 Å². The molecule has 0 aliphatic heterocycles. The molecule has 0 saturated carbocycles. The van der Waals surface area contributed by atoms with Crippen LogP contribution in [0.4, 0.5) is 0 Å². The maximum absolute atomic E-state index is 10.1. The standard InChI is InChI=1S/C6H5BrO2/c1-4-2-6(7)9-5(4)3-8/h2-3H,1H3. The van der Waals surface area contributed by atoms with Crippen molar-refractivity contribution in [2.24, 2.45) is 0 Å². The van der Waals surface area contributed by atoms with Crippen molar-refractivity contribution in [1.29, 1.82) is 0 Å². The minimum atomic E-state index is 0.391. The van der Waals surface area contributed by atoms with E-state index in [0.29, 0.717) is 16.7 Å². The highest BCUT2D eigenvalue weighted by molar-refractivity contribution is 9.10. The first-order valence-electron chi connectivity index (χ1n) is 2.45. The van der Waals surface area contributed by atoms with Crippen LogP contribution in [0, 0.1) is 6.92 Å². The zero-order valence-corrected chi connectivity index (χ0v) is 6.44. The van der Waals surface area contributed by atoms with Crippen LogP contribution in [0.1, 0.15) is 16.1 Å². The van der Waals surface area contributed by atoms with Gasteiger partial charge in [0.25, 0.3) is 0 Å².